The summed E-state index contributed by atoms with van der Waals surface area (Å²) >= 11 is 0. The van der Waals surface area contributed by atoms with E-state index in [1.54, 1.807) is 0 Å². The lowest BCUT2D eigenvalue weighted by Crippen LogP contribution is -2.10. The molecule has 0 amide bonds. The second-order valence-corrected chi connectivity index (χ2v) is 5.32. The smallest absolute Gasteiger partial charge is 0.0699 e. The van der Waals surface area contributed by atoms with Gasteiger partial charge in [-0.2, -0.15) is 0 Å². The van der Waals surface area contributed by atoms with Gasteiger partial charge >= 0.3 is 0 Å². The van der Waals surface area contributed by atoms with Gasteiger partial charge in [-0.15, -0.1) is 0 Å². The van der Waals surface area contributed by atoms with Crippen LogP contribution in [0.2, 0.25) is 18.5 Å². The fraction of sp³-hybridized carbons (Fsp3) is 1.00. The molecule has 0 heterocycles. The molecule has 0 atom stereocenters. The maximum absolute atomic E-state index is 6.08. The number of hydrogen-bond donors (Lipinski definition) is 0. The van der Waals surface area contributed by atoms with Crippen LogP contribution in [0.3, 0.4) is 0 Å². The van der Waals surface area contributed by atoms with Gasteiger partial charge in [0.15, 0.2) is 0 Å². The van der Waals surface area contributed by atoms with E-state index in [0.717, 1.165) is 5.82 Å². The minimum Gasteiger partial charge on any atom is -0.0999 e. The lowest BCUT2D eigenvalue weighted by molar-refractivity contribution is 0.503. The molecule has 0 aromatic rings. The normalized spacial score (nSPS) is 29.8. The first kappa shape index (κ1) is 14.3. The predicted octanol–water partition coefficient (Wildman–Crippen LogP) is 4.02. The Hall–Kier alpha value is 0.195. The molecule has 1 fully saturated rings. The monoisotopic (exact) mass is 214 g/mol. The molecule has 1 rings (SSSR count). The highest BCUT2D eigenvalue weighted by atomic mass is 14.1. The largest absolute Gasteiger partial charge is 0.0999 e. The fourth-order valence-electron chi connectivity index (χ4n) is 2.73. The summed E-state index contributed by atoms with van der Waals surface area (Å²) in [6.45, 7) is 2.15. The highest BCUT2D eigenvalue weighted by Gasteiger charge is 2.10. The van der Waals surface area contributed by atoms with E-state index in [9.17, 15) is 0 Å². The summed E-state index contributed by atoms with van der Waals surface area (Å²) in [6, 6.07) is 0. The quantitative estimate of drug-likeness (QED) is 0.608. The molecule has 1 aliphatic carbocycles. The van der Waals surface area contributed by atoms with E-state index in [2.05, 4.69) is 21.2 Å². The summed E-state index contributed by atoms with van der Waals surface area (Å²) in [5.41, 5.74) is 0. The van der Waals surface area contributed by atoms with Crippen molar-refractivity contribution in [2.45, 2.75) is 82.7 Å². The lowest BCUT2D eigenvalue weighted by Gasteiger charge is -2.18. The average Bonchev–Trinajstić information content (AvgIpc) is 2.26. The Balaban J connectivity index is 2.25. The van der Waals surface area contributed by atoms with Gasteiger partial charge in [-0.1, -0.05) is 82.7 Å². The van der Waals surface area contributed by atoms with Gasteiger partial charge in [-0.25, -0.2) is 0 Å². The molecule has 0 N–H and O–H groups in total. The Morgan fingerprint density at radius 2 is 1.31 bits per heavy atom. The third-order valence-electron chi connectivity index (χ3n) is 3.76. The van der Waals surface area contributed by atoms with Crippen molar-refractivity contribution in [1.82, 2.24) is 0 Å². The maximum Gasteiger partial charge on any atom is 0.0699 e. The summed E-state index contributed by atoms with van der Waals surface area (Å²) in [4.78, 5) is 0. The summed E-state index contributed by atoms with van der Waals surface area (Å²) in [5, 5.41) is 0. The lowest BCUT2D eigenvalue weighted by atomic mass is 9.34. The van der Waals surface area contributed by atoms with E-state index < -0.39 is 0 Å². The summed E-state index contributed by atoms with van der Waals surface area (Å²) in [5.74, 6) is 1.32. The van der Waals surface area contributed by atoms with Crippen LogP contribution < -0.4 is 0 Å². The number of rotatable bonds is 2. The van der Waals surface area contributed by atoms with E-state index >= 15 is 0 Å². The fourth-order valence-corrected chi connectivity index (χ4v) is 2.73. The second kappa shape index (κ2) is 9.25. The van der Waals surface area contributed by atoms with Gasteiger partial charge in [-0.05, 0) is 0 Å². The van der Waals surface area contributed by atoms with Crippen molar-refractivity contribution in [3.05, 3.63) is 0 Å². The van der Waals surface area contributed by atoms with Crippen LogP contribution in [0.15, 0.2) is 0 Å². The van der Waals surface area contributed by atoms with Crippen LogP contribution in [-0.2, 0) is 0 Å². The van der Waals surface area contributed by atoms with Crippen molar-refractivity contribution in [2.75, 3.05) is 0 Å². The van der Waals surface area contributed by atoms with Crippen molar-refractivity contribution < 1.29 is 0 Å². The molecule has 1 aliphatic rings. The van der Waals surface area contributed by atoms with Gasteiger partial charge in [0.25, 0.3) is 0 Å². The van der Waals surface area contributed by atoms with Gasteiger partial charge in [0.05, 0.1) is 22.2 Å². The molecule has 3 heteroatoms. The summed E-state index contributed by atoms with van der Waals surface area (Å²) in [6.07, 6.45) is 13.5. The zero-order valence-corrected chi connectivity index (χ0v) is 11.0. The van der Waals surface area contributed by atoms with Crippen molar-refractivity contribution in [2.24, 2.45) is 0 Å². The van der Waals surface area contributed by atoms with Crippen LogP contribution >= 0.6 is 0 Å². The van der Waals surface area contributed by atoms with Gasteiger partial charge < -0.3 is 0 Å². The van der Waals surface area contributed by atoms with Crippen LogP contribution in [0.5, 0.6) is 0 Å². The highest BCUT2D eigenvalue weighted by molar-refractivity contribution is 7.00. The van der Waals surface area contributed by atoms with Gasteiger partial charge in [0.2, 0.25) is 0 Å². The van der Waals surface area contributed by atoms with E-state index in [-0.39, 0.29) is 0 Å². The summed E-state index contributed by atoms with van der Waals surface area (Å²) < 4.78 is 0. The third kappa shape index (κ3) is 6.71. The van der Waals surface area contributed by atoms with Gasteiger partial charge in [0.1, 0.15) is 0 Å². The van der Waals surface area contributed by atoms with Crippen molar-refractivity contribution in [3.8, 4) is 0 Å². The second-order valence-electron chi connectivity index (χ2n) is 5.32. The molecule has 0 aromatic carbocycles. The Bertz CT molecular complexity index is 147. The molecule has 4 radical (unpaired) electrons. The SMILES string of the molecule is [B]C1CCCCCC([B][B]C)CCCCC1. The molecule has 0 unspecified atom stereocenters. The Labute approximate surface area is 105 Å². The Morgan fingerprint density at radius 3 is 1.81 bits per heavy atom. The van der Waals surface area contributed by atoms with E-state index in [1.807, 2.05) is 0 Å². The first-order valence-electron chi connectivity index (χ1n) is 7.21. The minimum atomic E-state index is 0.478. The van der Waals surface area contributed by atoms with Crippen molar-refractivity contribution >= 4 is 22.2 Å². The highest BCUT2D eigenvalue weighted by Crippen LogP contribution is 2.26. The van der Waals surface area contributed by atoms with Crippen LogP contribution in [0.1, 0.15) is 64.2 Å². The van der Waals surface area contributed by atoms with E-state index in [1.165, 1.54) is 64.2 Å². The molecule has 1 saturated carbocycles. The average molecular weight is 214 g/mol. The van der Waals surface area contributed by atoms with Crippen LogP contribution in [0, 0.1) is 0 Å². The van der Waals surface area contributed by atoms with E-state index in [0.29, 0.717) is 5.82 Å². The third-order valence-corrected chi connectivity index (χ3v) is 3.76. The molecule has 0 nitrogen and oxygen atoms in total. The van der Waals surface area contributed by atoms with Gasteiger partial charge in [0, 0.05) is 0 Å². The maximum atomic E-state index is 6.08. The molecule has 0 saturated heterocycles. The van der Waals surface area contributed by atoms with Crippen LogP contribution in [0.25, 0.3) is 0 Å². The molecule has 16 heavy (non-hydrogen) atoms. The zero-order valence-electron chi connectivity index (χ0n) is 11.0. The molecular weight excluding hydrogens is 189 g/mol. The zero-order chi connectivity index (χ0) is 11.6. The van der Waals surface area contributed by atoms with Crippen LogP contribution in [-0.4, -0.2) is 22.2 Å². The molecule has 0 aromatic heterocycles. The van der Waals surface area contributed by atoms with E-state index in [4.69, 9.17) is 7.85 Å². The molecule has 0 bridgehead atoms. The summed E-state index contributed by atoms with van der Waals surface area (Å²) in [7, 11) is 10.7. The predicted molar refractivity (Wildman–Crippen MR) is 76.8 cm³/mol. The van der Waals surface area contributed by atoms with Gasteiger partial charge in [-0.3, -0.25) is 0 Å². The standard InChI is InChI=1S/C13H25B3/c1-15-16-13-10-6-2-4-8-12(14)9-5-3-7-11-13/h12-13H,2-11H2,1H3. The molecule has 0 spiro atoms. The topological polar surface area (TPSA) is 0 Å². The van der Waals surface area contributed by atoms with Crippen molar-refractivity contribution in [3.63, 3.8) is 0 Å². The molecule has 0 aliphatic heterocycles. The number of hydrogen-bond acceptors (Lipinski definition) is 0. The Morgan fingerprint density at radius 1 is 0.812 bits per heavy atom. The Kier molecular flexibility index (Phi) is 8.24. The minimum absolute atomic E-state index is 0.478. The molecular formula is C13H25B3. The first-order chi connectivity index (χ1) is 7.83. The molecule has 86 valence electrons. The first-order valence-corrected chi connectivity index (χ1v) is 7.21. The van der Waals surface area contributed by atoms with Crippen LogP contribution in [0.4, 0.5) is 0 Å². The van der Waals surface area contributed by atoms with Crippen molar-refractivity contribution in [1.29, 1.82) is 0 Å².